The summed E-state index contributed by atoms with van der Waals surface area (Å²) in [5, 5.41) is 9.93. The maximum atomic E-state index is 13.2. The average Bonchev–Trinajstić information content (AvgIpc) is 2.54. The molecule has 0 aliphatic heterocycles. The van der Waals surface area contributed by atoms with Crippen molar-refractivity contribution in [3.63, 3.8) is 0 Å². The molecule has 0 spiro atoms. The fourth-order valence-electron chi connectivity index (χ4n) is 2.55. The number of aromatic hydroxyl groups is 1. The van der Waals surface area contributed by atoms with Gasteiger partial charge in [0, 0.05) is 0 Å². The number of phenolic OH excluding ortho intramolecular Hbond substituents is 1. The van der Waals surface area contributed by atoms with Gasteiger partial charge in [-0.3, -0.25) is 0 Å². The van der Waals surface area contributed by atoms with Crippen molar-refractivity contribution in [1.29, 1.82) is 0 Å². The van der Waals surface area contributed by atoms with Crippen LogP contribution in [0.15, 0.2) is 72.8 Å². The Kier molecular flexibility index (Phi) is 3.82. The molecule has 0 fully saturated rings. The fraction of sp³-hybridized carbons (Fsp3) is 0.0526. The first kappa shape index (κ1) is 15.2. The van der Waals surface area contributed by atoms with Gasteiger partial charge in [-0.15, -0.1) is 0 Å². The van der Waals surface area contributed by atoms with E-state index >= 15 is 0 Å². The molecule has 0 atom stereocenters. The van der Waals surface area contributed by atoms with E-state index in [4.69, 9.17) is 0 Å². The molecule has 116 valence electrons. The Balaban J connectivity index is 2.18. The first-order chi connectivity index (χ1) is 10.9. The van der Waals surface area contributed by atoms with Crippen LogP contribution in [0.2, 0.25) is 0 Å². The second kappa shape index (κ2) is 5.80. The molecule has 0 radical (unpaired) electrons. The molecule has 0 unspecified atom stereocenters. The van der Waals surface area contributed by atoms with Crippen molar-refractivity contribution < 1.29 is 18.3 Å². The number of hydrogen-bond acceptors (Lipinski definition) is 1. The average molecular weight is 314 g/mol. The number of rotatable bonds is 2. The lowest BCUT2D eigenvalue weighted by Crippen LogP contribution is -2.06. The Morgan fingerprint density at radius 1 is 0.652 bits per heavy atom. The Hall–Kier alpha value is -2.75. The molecule has 23 heavy (non-hydrogen) atoms. The molecule has 3 aromatic rings. The van der Waals surface area contributed by atoms with Crippen LogP contribution in [-0.4, -0.2) is 5.11 Å². The maximum Gasteiger partial charge on any atom is 0.417 e. The summed E-state index contributed by atoms with van der Waals surface area (Å²) in [6, 6.07) is 19.1. The van der Waals surface area contributed by atoms with Crippen LogP contribution in [0.4, 0.5) is 13.2 Å². The Labute approximate surface area is 131 Å². The summed E-state index contributed by atoms with van der Waals surface area (Å²) in [5.74, 6) is -0.0710. The van der Waals surface area contributed by atoms with Crippen molar-refractivity contribution >= 4 is 0 Å². The van der Waals surface area contributed by atoms with Crippen molar-refractivity contribution in [3.05, 3.63) is 78.4 Å². The highest BCUT2D eigenvalue weighted by Crippen LogP contribution is 2.39. The standard InChI is InChI=1S/C19H13F3O/c20-19(21,22)18-9-5-4-8-17(18)15-10-14(11-16(23)12-15)13-6-2-1-3-7-13/h1-12,23H. The predicted octanol–water partition coefficient (Wildman–Crippen LogP) is 5.75. The van der Waals surface area contributed by atoms with E-state index in [1.54, 1.807) is 12.1 Å². The van der Waals surface area contributed by atoms with Crippen LogP contribution in [0.1, 0.15) is 5.56 Å². The molecular weight excluding hydrogens is 301 g/mol. The zero-order chi connectivity index (χ0) is 16.4. The van der Waals surface area contributed by atoms with E-state index in [0.717, 1.165) is 11.6 Å². The van der Waals surface area contributed by atoms with E-state index in [9.17, 15) is 18.3 Å². The SMILES string of the molecule is Oc1cc(-c2ccccc2)cc(-c2ccccc2C(F)(F)F)c1. The summed E-state index contributed by atoms with van der Waals surface area (Å²) in [6.07, 6.45) is -4.45. The zero-order valence-corrected chi connectivity index (χ0v) is 12.0. The van der Waals surface area contributed by atoms with E-state index in [1.807, 2.05) is 30.3 Å². The van der Waals surface area contributed by atoms with Gasteiger partial charge in [0.05, 0.1) is 5.56 Å². The van der Waals surface area contributed by atoms with Gasteiger partial charge in [-0.2, -0.15) is 13.2 Å². The van der Waals surface area contributed by atoms with Crippen molar-refractivity contribution in [3.8, 4) is 28.0 Å². The second-order valence-corrected chi connectivity index (χ2v) is 5.18. The summed E-state index contributed by atoms with van der Waals surface area (Å²) < 4.78 is 39.6. The lowest BCUT2D eigenvalue weighted by Gasteiger charge is -2.14. The lowest BCUT2D eigenvalue weighted by molar-refractivity contribution is -0.137. The Morgan fingerprint density at radius 2 is 1.26 bits per heavy atom. The van der Waals surface area contributed by atoms with Gasteiger partial charge in [0.15, 0.2) is 0 Å². The van der Waals surface area contributed by atoms with E-state index in [1.165, 1.54) is 24.3 Å². The molecule has 3 aromatic carbocycles. The van der Waals surface area contributed by atoms with Gasteiger partial charge in [-0.1, -0.05) is 48.5 Å². The van der Waals surface area contributed by atoms with E-state index < -0.39 is 11.7 Å². The minimum absolute atomic E-state index is 0.0491. The van der Waals surface area contributed by atoms with E-state index in [0.29, 0.717) is 11.1 Å². The Bertz CT molecular complexity index is 824. The molecule has 0 bridgehead atoms. The molecule has 3 rings (SSSR count). The third-order valence-corrected chi connectivity index (χ3v) is 3.57. The third kappa shape index (κ3) is 3.21. The Morgan fingerprint density at radius 3 is 1.96 bits per heavy atom. The monoisotopic (exact) mass is 314 g/mol. The number of phenols is 1. The zero-order valence-electron chi connectivity index (χ0n) is 12.0. The first-order valence-corrected chi connectivity index (χ1v) is 7.01. The van der Waals surface area contributed by atoms with Gasteiger partial charge in [0.25, 0.3) is 0 Å². The number of hydrogen-bond donors (Lipinski definition) is 1. The van der Waals surface area contributed by atoms with E-state index in [-0.39, 0.29) is 11.3 Å². The van der Waals surface area contributed by atoms with Crippen molar-refractivity contribution in [2.45, 2.75) is 6.18 Å². The lowest BCUT2D eigenvalue weighted by atomic mass is 9.95. The largest absolute Gasteiger partial charge is 0.508 e. The van der Waals surface area contributed by atoms with Crippen LogP contribution in [0.3, 0.4) is 0 Å². The summed E-state index contributed by atoms with van der Waals surface area (Å²) in [6.45, 7) is 0. The third-order valence-electron chi connectivity index (χ3n) is 3.57. The van der Waals surface area contributed by atoms with Gasteiger partial charge in [-0.25, -0.2) is 0 Å². The molecule has 0 saturated carbocycles. The maximum absolute atomic E-state index is 13.2. The fourth-order valence-corrected chi connectivity index (χ4v) is 2.55. The van der Waals surface area contributed by atoms with Gasteiger partial charge >= 0.3 is 6.18 Å². The summed E-state index contributed by atoms with van der Waals surface area (Å²) >= 11 is 0. The second-order valence-electron chi connectivity index (χ2n) is 5.18. The molecule has 0 aliphatic carbocycles. The van der Waals surface area contributed by atoms with Gasteiger partial charge in [-0.05, 0) is 46.5 Å². The van der Waals surface area contributed by atoms with Gasteiger partial charge < -0.3 is 5.11 Å². The molecule has 0 heterocycles. The smallest absolute Gasteiger partial charge is 0.417 e. The predicted molar refractivity (Wildman–Crippen MR) is 84.0 cm³/mol. The molecule has 1 N–H and O–H groups in total. The topological polar surface area (TPSA) is 20.2 Å². The highest BCUT2D eigenvalue weighted by Gasteiger charge is 2.33. The van der Waals surface area contributed by atoms with Crippen LogP contribution < -0.4 is 0 Å². The summed E-state index contributed by atoms with van der Waals surface area (Å²) in [7, 11) is 0. The normalized spacial score (nSPS) is 11.4. The molecule has 1 nitrogen and oxygen atoms in total. The quantitative estimate of drug-likeness (QED) is 0.639. The number of halogens is 3. The first-order valence-electron chi connectivity index (χ1n) is 7.01. The molecule has 0 aliphatic rings. The van der Waals surface area contributed by atoms with Crippen LogP contribution in [0.5, 0.6) is 5.75 Å². The van der Waals surface area contributed by atoms with E-state index in [2.05, 4.69) is 0 Å². The van der Waals surface area contributed by atoms with Crippen LogP contribution in [0.25, 0.3) is 22.3 Å². The van der Waals surface area contributed by atoms with Gasteiger partial charge in [0.1, 0.15) is 5.75 Å². The summed E-state index contributed by atoms with van der Waals surface area (Å²) in [4.78, 5) is 0. The highest BCUT2D eigenvalue weighted by molar-refractivity contribution is 5.77. The molecule has 0 aromatic heterocycles. The molecule has 4 heteroatoms. The number of alkyl halides is 3. The highest BCUT2D eigenvalue weighted by atomic mass is 19.4. The minimum atomic E-state index is -4.45. The molecule has 0 saturated heterocycles. The molecular formula is C19H13F3O. The van der Waals surface area contributed by atoms with Crippen molar-refractivity contribution in [2.24, 2.45) is 0 Å². The van der Waals surface area contributed by atoms with Crippen molar-refractivity contribution in [2.75, 3.05) is 0 Å². The summed E-state index contributed by atoms with van der Waals surface area (Å²) in [5.41, 5.74) is 1.15. The van der Waals surface area contributed by atoms with Crippen LogP contribution in [-0.2, 0) is 6.18 Å². The van der Waals surface area contributed by atoms with Gasteiger partial charge in [0.2, 0.25) is 0 Å². The molecule has 0 amide bonds. The minimum Gasteiger partial charge on any atom is -0.508 e. The van der Waals surface area contributed by atoms with Crippen LogP contribution in [0, 0.1) is 0 Å². The number of benzene rings is 3. The van der Waals surface area contributed by atoms with Crippen molar-refractivity contribution in [1.82, 2.24) is 0 Å². The van der Waals surface area contributed by atoms with Crippen LogP contribution >= 0.6 is 0 Å².